The van der Waals surface area contributed by atoms with Crippen LogP contribution in [0.25, 0.3) is 0 Å². The Bertz CT molecular complexity index is 1060. The first-order valence-electron chi connectivity index (χ1n) is 12.3. The fourth-order valence-corrected chi connectivity index (χ4v) is 6.74. The second kappa shape index (κ2) is 9.21. The Morgan fingerprint density at radius 2 is 1.70 bits per heavy atom. The van der Waals surface area contributed by atoms with Gasteiger partial charge in [-0.25, -0.2) is 0 Å². The molecule has 1 saturated carbocycles. The third-order valence-electron chi connectivity index (χ3n) is 8.43. The van der Waals surface area contributed by atoms with Gasteiger partial charge in [-0.15, -0.1) is 0 Å². The molecular formula is C26H34O11. The molecule has 0 unspecified atom stereocenters. The van der Waals surface area contributed by atoms with Crippen LogP contribution in [0.2, 0.25) is 0 Å². The van der Waals surface area contributed by atoms with E-state index in [0.29, 0.717) is 18.4 Å². The van der Waals surface area contributed by atoms with Crippen LogP contribution in [0, 0.1) is 17.3 Å². The average Bonchev–Trinajstić information content (AvgIpc) is 3.02. The lowest BCUT2D eigenvalue weighted by Gasteiger charge is -2.60. The summed E-state index contributed by atoms with van der Waals surface area (Å²) in [6.07, 6.45) is -2.60. The topological polar surface area (TPSA) is 155 Å². The number of aliphatic hydroxyl groups is 2. The number of ether oxygens (including phenoxy) is 5. The molecule has 204 valence electrons. The lowest BCUT2D eigenvalue weighted by molar-refractivity contribution is -0.336. The fraction of sp³-hybridized carbons (Fsp3) is 0.692. The molecule has 11 heteroatoms. The number of carbonyl (C=O) groups is 4. The Morgan fingerprint density at radius 3 is 2.27 bits per heavy atom. The van der Waals surface area contributed by atoms with Crippen molar-refractivity contribution in [2.75, 3.05) is 6.61 Å². The van der Waals surface area contributed by atoms with E-state index >= 15 is 0 Å². The summed E-state index contributed by atoms with van der Waals surface area (Å²) in [6.45, 7) is 10.5. The molecule has 0 aromatic heterocycles. The largest absolute Gasteiger partial charge is 0.462 e. The Kier molecular flexibility index (Phi) is 6.79. The second-order valence-corrected chi connectivity index (χ2v) is 10.6. The van der Waals surface area contributed by atoms with Gasteiger partial charge in [0, 0.05) is 38.7 Å². The summed E-state index contributed by atoms with van der Waals surface area (Å²) in [7, 11) is 0. The normalized spacial score (nSPS) is 42.7. The molecule has 9 atom stereocenters. The predicted molar refractivity (Wildman–Crippen MR) is 124 cm³/mol. The fourth-order valence-electron chi connectivity index (χ4n) is 6.74. The van der Waals surface area contributed by atoms with Gasteiger partial charge in [-0.3, -0.25) is 19.2 Å². The molecule has 3 heterocycles. The summed E-state index contributed by atoms with van der Waals surface area (Å²) in [5, 5.41) is 22.1. The van der Waals surface area contributed by atoms with E-state index in [1.807, 2.05) is 0 Å². The van der Waals surface area contributed by atoms with Crippen LogP contribution in [-0.4, -0.2) is 76.5 Å². The van der Waals surface area contributed by atoms with Gasteiger partial charge in [-0.05, 0) is 25.8 Å². The van der Waals surface area contributed by atoms with Crippen LogP contribution in [0.5, 0.6) is 0 Å². The molecule has 1 spiro atoms. The summed E-state index contributed by atoms with van der Waals surface area (Å²) >= 11 is 0. The molecule has 4 rings (SSSR count). The first-order valence-corrected chi connectivity index (χ1v) is 12.3. The van der Waals surface area contributed by atoms with Crippen LogP contribution in [0.4, 0.5) is 0 Å². The van der Waals surface area contributed by atoms with Crippen LogP contribution in [0.1, 0.15) is 53.9 Å². The summed E-state index contributed by atoms with van der Waals surface area (Å²) in [6, 6.07) is 0. The minimum atomic E-state index is -2.24. The van der Waals surface area contributed by atoms with E-state index in [2.05, 4.69) is 6.58 Å². The van der Waals surface area contributed by atoms with Gasteiger partial charge >= 0.3 is 23.9 Å². The molecule has 2 bridgehead atoms. The number of carbonyl (C=O) groups excluding carboxylic acids is 4. The lowest BCUT2D eigenvalue weighted by Crippen LogP contribution is -2.72. The van der Waals surface area contributed by atoms with Crippen LogP contribution < -0.4 is 0 Å². The maximum absolute atomic E-state index is 12.9. The van der Waals surface area contributed by atoms with Crippen LogP contribution in [0.3, 0.4) is 0 Å². The van der Waals surface area contributed by atoms with Gasteiger partial charge in [0.2, 0.25) is 0 Å². The molecule has 0 amide bonds. The van der Waals surface area contributed by atoms with Crippen molar-refractivity contribution >= 4 is 23.9 Å². The highest BCUT2D eigenvalue weighted by Gasteiger charge is 2.73. The zero-order valence-corrected chi connectivity index (χ0v) is 21.6. The van der Waals surface area contributed by atoms with E-state index < -0.39 is 83.5 Å². The Balaban J connectivity index is 2.06. The Morgan fingerprint density at radius 1 is 1.11 bits per heavy atom. The molecule has 0 aromatic rings. The summed E-state index contributed by atoms with van der Waals surface area (Å²) in [4.78, 5) is 49.9. The van der Waals surface area contributed by atoms with E-state index in [1.54, 1.807) is 13.8 Å². The van der Waals surface area contributed by atoms with Crippen molar-refractivity contribution in [1.82, 2.24) is 0 Å². The third-order valence-corrected chi connectivity index (χ3v) is 8.43. The highest BCUT2D eigenvalue weighted by molar-refractivity contribution is 5.78. The predicted octanol–water partition coefficient (Wildman–Crippen LogP) is 1.10. The Hall–Kier alpha value is -2.76. The SMILES string of the molecule is C=C1CC[C@H](OC(C)=O)[C@]2(C)[C@@H](OC(C)=O)C[C@@]3(O)O[C@@]4([C@H](C=C3CO)OC(=O)[C@@H]4C)[C@@H](OC(C)=O)[C@@H]12. The standard InChI is InChI=1S/C26H34O11/c1-12-7-8-18(33-14(3)28)24(6)20(34-15(4)29)10-25(32)17(11-27)9-19-26(37-25,13(2)23(31)36-19)22(21(12)24)35-16(5)30/h9,13,18-22,27,32H,1,7-8,10-11H2,2-6H3/t13-,18-,19-,20-,21+,22-,24+,25+,26-/m0/s1. The molecule has 3 aliphatic heterocycles. The second-order valence-electron chi connectivity index (χ2n) is 10.6. The molecule has 2 saturated heterocycles. The minimum absolute atomic E-state index is 0.00512. The molecule has 3 fully saturated rings. The van der Waals surface area contributed by atoms with Crippen molar-refractivity contribution in [3.63, 3.8) is 0 Å². The molecule has 1 aliphatic carbocycles. The van der Waals surface area contributed by atoms with Crippen molar-refractivity contribution < 1.29 is 53.1 Å². The monoisotopic (exact) mass is 522 g/mol. The van der Waals surface area contributed by atoms with Crippen molar-refractivity contribution in [3.05, 3.63) is 23.8 Å². The number of aliphatic hydroxyl groups excluding tert-OH is 1. The number of hydrogen-bond acceptors (Lipinski definition) is 11. The molecule has 2 N–H and O–H groups in total. The smallest absolute Gasteiger partial charge is 0.312 e. The quantitative estimate of drug-likeness (QED) is 0.310. The van der Waals surface area contributed by atoms with Gasteiger partial charge in [-0.2, -0.15) is 0 Å². The van der Waals surface area contributed by atoms with Crippen LogP contribution >= 0.6 is 0 Å². The van der Waals surface area contributed by atoms with Crippen LogP contribution in [-0.2, 0) is 42.9 Å². The van der Waals surface area contributed by atoms with E-state index in [1.165, 1.54) is 26.8 Å². The first kappa shape index (κ1) is 27.3. The van der Waals surface area contributed by atoms with E-state index in [-0.39, 0.29) is 12.0 Å². The molecule has 0 aromatic carbocycles. The maximum Gasteiger partial charge on any atom is 0.312 e. The summed E-state index contributed by atoms with van der Waals surface area (Å²) in [5.74, 6) is -6.66. The first-order chi connectivity index (χ1) is 17.2. The molecule has 4 aliphatic rings. The molecule has 0 radical (unpaired) electrons. The van der Waals surface area contributed by atoms with E-state index in [4.69, 9.17) is 23.7 Å². The molecular weight excluding hydrogens is 488 g/mol. The zero-order valence-electron chi connectivity index (χ0n) is 21.6. The number of fused-ring (bicyclic) bond motifs is 2. The lowest BCUT2D eigenvalue weighted by atomic mass is 9.53. The van der Waals surface area contributed by atoms with Gasteiger partial charge in [0.25, 0.3) is 0 Å². The highest BCUT2D eigenvalue weighted by atomic mass is 16.7. The number of hydrogen-bond donors (Lipinski definition) is 2. The number of esters is 4. The molecule has 11 nitrogen and oxygen atoms in total. The number of rotatable bonds is 4. The van der Waals surface area contributed by atoms with Crippen LogP contribution in [0.15, 0.2) is 23.8 Å². The van der Waals surface area contributed by atoms with Gasteiger partial charge in [0.15, 0.2) is 17.5 Å². The van der Waals surface area contributed by atoms with Gasteiger partial charge in [-0.1, -0.05) is 19.1 Å². The van der Waals surface area contributed by atoms with Crippen molar-refractivity contribution in [3.8, 4) is 0 Å². The van der Waals surface area contributed by atoms with Crippen molar-refractivity contribution in [1.29, 1.82) is 0 Å². The minimum Gasteiger partial charge on any atom is -0.462 e. The third kappa shape index (κ3) is 4.07. The summed E-state index contributed by atoms with van der Waals surface area (Å²) < 4.78 is 29.4. The van der Waals surface area contributed by atoms with Gasteiger partial charge < -0.3 is 33.9 Å². The van der Waals surface area contributed by atoms with Gasteiger partial charge in [0.1, 0.15) is 18.3 Å². The van der Waals surface area contributed by atoms with Crippen molar-refractivity contribution in [2.45, 2.75) is 89.7 Å². The maximum atomic E-state index is 12.9. The van der Waals surface area contributed by atoms with Gasteiger partial charge in [0.05, 0.1) is 17.9 Å². The summed E-state index contributed by atoms with van der Waals surface area (Å²) in [5.41, 5.74) is -2.40. The molecule has 37 heavy (non-hydrogen) atoms. The van der Waals surface area contributed by atoms with Crippen molar-refractivity contribution in [2.24, 2.45) is 17.3 Å². The highest BCUT2D eigenvalue weighted by Crippen LogP contribution is 2.61. The average molecular weight is 523 g/mol. The van der Waals surface area contributed by atoms with E-state index in [0.717, 1.165) is 0 Å². The van der Waals surface area contributed by atoms with E-state index in [9.17, 15) is 29.4 Å². The zero-order chi connectivity index (χ0) is 27.5. The Labute approximate surface area is 214 Å².